The van der Waals surface area contributed by atoms with Gasteiger partial charge in [-0.05, 0) is 67.3 Å². The first-order chi connectivity index (χ1) is 30.6. The van der Waals surface area contributed by atoms with Gasteiger partial charge in [0.05, 0.1) is 53.1 Å². The van der Waals surface area contributed by atoms with Crippen LogP contribution in [0, 0.1) is 17.8 Å². The van der Waals surface area contributed by atoms with Gasteiger partial charge in [0.15, 0.2) is 11.5 Å². The lowest BCUT2D eigenvalue weighted by atomic mass is 9.63. The van der Waals surface area contributed by atoms with Crippen LogP contribution in [0.15, 0.2) is 30.3 Å². The third-order valence-corrected chi connectivity index (χ3v) is 12.4. The van der Waals surface area contributed by atoms with Crippen LogP contribution in [0.4, 0.5) is 0 Å². The molecule has 1 saturated carbocycles. The number of carboxylic acid groups (broad SMARTS) is 2. The van der Waals surface area contributed by atoms with Crippen LogP contribution in [0.5, 0.6) is 23.0 Å². The smallest absolute Gasteiger partial charge is 0.338 e. The predicted octanol–water partition coefficient (Wildman–Crippen LogP) is 1.97. The number of hydrogen-bond acceptors (Lipinski definition) is 16. The summed E-state index contributed by atoms with van der Waals surface area (Å²) >= 11 is 3.87. The molecule has 21 heteroatoms. The van der Waals surface area contributed by atoms with E-state index in [1.54, 1.807) is 26.4 Å². The SMILES string of the molecule is COC(=O)[C@H]1[C@H]2C[C@@H]3c4[nH]c5cc(OC)ccc5c4CCN3C[C@H]2C[C@@H](OC(=O)c2cc(OC)c(OC)c(OC)c2)[C@@H]1OC.N[C@@H](CCC(=O)N[C@@H](CS)C(=O)NCC(=O)O)C(=O)O. The molecule has 8 atom stereocenters. The van der Waals surface area contributed by atoms with Crippen molar-refractivity contribution >= 4 is 59.2 Å². The maximum atomic E-state index is 13.5. The average molecular weight is 916 g/mol. The highest BCUT2D eigenvalue weighted by atomic mass is 32.1. The molecule has 0 radical (unpaired) electrons. The van der Waals surface area contributed by atoms with Gasteiger partial charge < -0.3 is 64.7 Å². The minimum absolute atomic E-state index is 0.0170. The molecule has 64 heavy (non-hydrogen) atoms. The van der Waals surface area contributed by atoms with E-state index in [0.717, 1.165) is 37.2 Å². The van der Waals surface area contributed by atoms with Gasteiger partial charge in [0.2, 0.25) is 17.6 Å². The molecule has 2 aromatic carbocycles. The molecule has 3 aromatic rings. The zero-order valence-electron chi connectivity index (χ0n) is 36.5. The third kappa shape index (κ3) is 11.1. The Balaban J connectivity index is 0.000000327. The molecule has 3 aliphatic rings. The molecule has 0 unspecified atom stereocenters. The minimum atomic E-state index is -1.22. The lowest BCUT2D eigenvalue weighted by Crippen LogP contribution is -2.58. The monoisotopic (exact) mass is 915 g/mol. The van der Waals surface area contributed by atoms with E-state index in [2.05, 4.69) is 39.2 Å². The molecule has 2 fully saturated rings. The summed E-state index contributed by atoms with van der Waals surface area (Å²) in [6.07, 6.45) is 0.685. The molecule has 2 amide bonds. The maximum Gasteiger partial charge on any atom is 0.338 e. The van der Waals surface area contributed by atoms with Crippen molar-refractivity contribution in [3.8, 4) is 23.0 Å². The number of aromatic nitrogens is 1. The summed E-state index contributed by atoms with van der Waals surface area (Å²) in [4.78, 5) is 76.9. The van der Waals surface area contributed by atoms with Crippen LogP contribution >= 0.6 is 12.6 Å². The number of carbonyl (C=O) groups is 6. The molecule has 350 valence electrons. The molecule has 0 bridgehead atoms. The second-order valence-corrected chi connectivity index (χ2v) is 16.0. The summed E-state index contributed by atoms with van der Waals surface area (Å²) in [5.41, 5.74) is 9.06. The van der Waals surface area contributed by atoms with Crippen LogP contribution in [0.1, 0.15) is 53.3 Å². The average Bonchev–Trinajstić information content (AvgIpc) is 3.68. The molecular formula is C43H57N5O15S. The topological polar surface area (TPSA) is 277 Å². The number of fused-ring (bicyclic) bond motifs is 6. The lowest BCUT2D eigenvalue weighted by Gasteiger charge is -2.52. The van der Waals surface area contributed by atoms with E-state index < -0.39 is 66.5 Å². The molecular weight excluding hydrogens is 859 g/mol. The Morgan fingerprint density at radius 1 is 0.953 bits per heavy atom. The summed E-state index contributed by atoms with van der Waals surface area (Å²) < 4.78 is 39.1. The van der Waals surface area contributed by atoms with Crippen molar-refractivity contribution in [1.29, 1.82) is 0 Å². The largest absolute Gasteiger partial charge is 0.497 e. The van der Waals surface area contributed by atoms with Crippen molar-refractivity contribution in [2.45, 2.75) is 62.4 Å². The van der Waals surface area contributed by atoms with E-state index in [-0.39, 0.29) is 48.0 Å². The van der Waals surface area contributed by atoms with Crippen molar-refractivity contribution < 1.29 is 72.1 Å². The zero-order valence-corrected chi connectivity index (χ0v) is 37.4. The zero-order chi connectivity index (χ0) is 46.8. The first-order valence-corrected chi connectivity index (χ1v) is 21.2. The van der Waals surface area contributed by atoms with Crippen molar-refractivity contribution in [2.24, 2.45) is 23.5 Å². The first kappa shape index (κ1) is 49.2. The normalized spacial score (nSPS) is 22.1. The van der Waals surface area contributed by atoms with Crippen LogP contribution in [0.2, 0.25) is 0 Å². The highest BCUT2D eigenvalue weighted by Crippen LogP contribution is 2.51. The standard InChI is InChI=1S/C33H40N2O9.C10H17N3O6S/c1-38-19-7-8-20-21-9-10-35-16-18-13-27(44-32(36)17-11-25(39-2)30(41-4)26(12-17)40-3)31(42-5)28(33(37)43-6)22(18)15-24(35)29(21)34-23(20)14-19;11-5(10(18)19)1-2-7(14)13-6(4-20)9(17)12-3-8(15)16/h7-8,11-12,14,18,22,24,27-28,31,34H,9-10,13,15-16H2,1-6H3;5-6,20H,1-4,11H2,(H,12,17)(H,13,14)(H,15,16)(H,18,19)/t18-,22+,24-,27-,28+,31+;5-,6-/m10/s1. The Bertz CT molecular complexity index is 2160. The number of nitrogens with two attached hydrogens (primary N) is 1. The van der Waals surface area contributed by atoms with E-state index in [9.17, 15) is 28.8 Å². The van der Waals surface area contributed by atoms with Gasteiger partial charge in [-0.2, -0.15) is 12.6 Å². The fraction of sp³-hybridized carbons (Fsp3) is 0.535. The molecule has 1 aliphatic carbocycles. The second-order valence-electron chi connectivity index (χ2n) is 15.6. The highest BCUT2D eigenvalue weighted by molar-refractivity contribution is 7.80. The second kappa shape index (κ2) is 22.2. The number of nitrogens with zero attached hydrogens (tertiary/aromatic N) is 1. The van der Waals surface area contributed by atoms with Crippen molar-refractivity contribution in [3.63, 3.8) is 0 Å². The van der Waals surface area contributed by atoms with Gasteiger partial charge in [-0.1, -0.05) is 0 Å². The number of nitrogens with one attached hydrogen (secondary N) is 3. The van der Waals surface area contributed by atoms with Gasteiger partial charge >= 0.3 is 23.9 Å². The van der Waals surface area contributed by atoms with Gasteiger partial charge in [0.25, 0.3) is 0 Å². The number of H-pyrrole nitrogens is 1. The van der Waals surface area contributed by atoms with Gasteiger partial charge in [-0.15, -0.1) is 0 Å². The van der Waals surface area contributed by atoms with Gasteiger partial charge in [-0.25, -0.2) is 4.79 Å². The number of hydrogen-bond donors (Lipinski definition) is 7. The summed E-state index contributed by atoms with van der Waals surface area (Å²) in [5.74, 6) is -3.26. The Kier molecular flexibility index (Phi) is 17.1. The van der Waals surface area contributed by atoms with E-state index in [0.29, 0.717) is 23.7 Å². The molecule has 0 spiro atoms. The summed E-state index contributed by atoms with van der Waals surface area (Å²) in [6, 6.07) is 7.24. The summed E-state index contributed by atoms with van der Waals surface area (Å²) in [5, 5.41) is 22.6. The molecule has 1 aromatic heterocycles. The minimum Gasteiger partial charge on any atom is -0.497 e. The summed E-state index contributed by atoms with van der Waals surface area (Å²) in [6.45, 7) is 1.12. The Morgan fingerprint density at radius 2 is 1.66 bits per heavy atom. The predicted molar refractivity (Wildman–Crippen MR) is 232 cm³/mol. The molecule has 2 aliphatic heterocycles. The molecule has 3 heterocycles. The van der Waals surface area contributed by atoms with Gasteiger partial charge in [0, 0.05) is 55.0 Å². The van der Waals surface area contributed by atoms with Crippen LogP contribution in [-0.4, -0.2) is 148 Å². The number of benzene rings is 2. The highest BCUT2D eigenvalue weighted by Gasteiger charge is 2.54. The van der Waals surface area contributed by atoms with Crippen LogP contribution < -0.4 is 35.3 Å². The number of ether oxygens (including phenoxy) is 7. The van der Waals surface area contributed by atoms with E-state index in [1.807, 2.05) is 12.1 Å². The van der Waals surface area contributed by atoms with E-state index in [4.69, 9.17) is 49.1 Å². The van der Waals surface area contributed by atoms with Gasteiger partial charge in [-0.3, -0.25) is 28.9 Å². The van der Waals surface area contributed by atoms with Crippen molar-refractivity contribution in [3.05, 3.63) is 47.2 Å². The number of aromatic amines is 1. The number of rotatable bonds is 17. The Morgan fingerprint density at radius 3 is 2.23 bits per heavy atom. The molecule has 1 saturated heterocycles. The third-order valence-electron chi connectivity index (χ3n) is 12.0. The van der Waals surface area contributed by atoms with Crippen LogP contribution in [-0.2, 0) is 44.6 Å². The molecule has 20 nitrogen and oxygen atoms in total. The van der Waals surface area contributed by atoms with E-state index >= 15 is 0 Å². The van der Waals surface area contributed by atoms with Crippen LogP contribution in [0.3, 0.4) is 0 Å². The fourth-order valence-corrected chi connectivity index (χ4v) is 9.18. The van der Waals surface area contributed by atoms with Crippen molar-refractivity contribution in [1.82, 2.24) is 20.5 Å². The number of methoxy groups -OCH3 is 6. The van der Waals surface area contributed by atoms with Gasteiger partial charge in [0.1, 0.15) is 36.6 Å². The Hall–Kier alpha value is -5.77. The number of piperidine rings is 1. The first-order valence-electron chi connectivity index (χ1n) is 20.5. The number of esters is 2. The van der Waals surface area contributed by atoms with Crippen molar-refractivity contribution in [2.75, 3.05) is 68.0 Å². The molecule has 6 rings (SSSR count). The maximum absolute atomic E-state index is 13.5. The number of thiol groups is 1. The number of carboxylic acids is 2. The lowest BCUT2D eigenvalue weighted by molar-refractivity contribution is -0.176. The number of aliphatic carboxylic acids is 2. The fourth-order valence-electron chi connectivity index (χ4n) is 8.92. The Labute approximate surface area is 375 Å². The quantitative estimate of drug-likeness (QED) is 0.0753. The molecule has 7 N–H and O–H groups in total. The number of carbonyl (C=O) groups excluding carboxylic acids is 4. The summed E-state index contributed by atoms with van der Waals surface area (Å²) in [7, 11) is 9.10. The van der Waals surface area contributed by atoms with Crippen LogP contribution in [0.25, 0.3) is 10.9 Å². The van der Waals surface area contributed by atoms with E-state index in [1.165, 1.54) is 45.1 Å². The number of amides is 2.